The highest BCUT2D eigenvalue weighted by Crippen LogP contribution is 2.44. The molecule has 0 bridgehead atoms. The van der Waals surface area contributed by atoms with Crippen molar-refractivity contribution in [2.75, 3.05) is 6.61 Å². The fraction of sp³-hybridized carbons (Fsp3) is 0.314. The number of hydrogen-bond acceptors (Lipinski definition) is 5. The Balaban J connectivity index is 1.43. The van der Waals surface area contributed by atoms with Gasteiger partial charge in [0.2, 0.25) is 0 Å². The molecule has 220 valence electrons. The molecule has 7 heteroatoms. The van der Waals surface area contributed by atoms with Gasteiger partial charge in [-0.05, 0) is 22.3 Å². The summed E-state index contributed by atoms with van der Waals surface area (Å²) in [5.41, 5.74) is 3.36. The second-order valence-electron chi connectivity index (χ2n) is 10.5. The number of ether oxygens (including phenoxy) is 4. The van der Waals surface area contributed by atoms with Gasteiger partial charge in [0.15, 0.2) is 0 Å². The number of rotatable bonds is 13. The number of alkyl halides is 2. The molecule has 1 saturated carbocycles. The molecule has 1 N–H and O–H groups in total. The van der Waals surface area contributed by atoms with Crippen LogP contribution in [0.1, 0.15) is 22.3 Å². The van der Waals surface area contributed by atoms with E-state index in [9.17, 15) is 5.11 Å². The lowest BCUT2D eigenvalue weighted by Crippen LogP contribution is -2.67. The summed E-state index contributed by atoms with van der Waals surface area (Å²) in [4.78, 5) is 0. The van der Waals surface area contributed by atoms with Gasteiger partial charge in [0, 0.05) is 0 Å². The summed E-state index contributed by atoms with van der Waals surface area (Å²) >= 11 is 0. The summed E-state index contributed by atoms with van der Waals surface area (Å²) in [6.45, 7) is 0.0685. The number of hydrogen-bond donors (Lipinski definition) is 1. The van der Waals surface area contributed by atoms with Gasteiger partial charge in [-0.15, -0.1) is 0 Å². The number of aliphatic hydroxyl groups is 1. The second-order valence-corrected chi connectivity index (χ2v) is 10.5. The van der Waals surface area contributed by atoms with Crippen molar-refractivity contribution in [3.05, 3.63) is 144 Å². The molecule has 5 nitrogen and oxygen atoms in total. The average molecular weight is 575 g/mol. The SMILES string of the molecule is O[C@H]1[C@H](OCc2ccccc2)[C@@H](OCc2ccccc2)[C@H](OCc2ccccc2)[C@@H](COCc2ccccc2)C1(F)F. The number of halogens is 2. The van der Waals surface area contributed by atoms with E-state index in [0.717, 1.165) is 22.3 Å². The maximum atomic E-state index is 16.1. The smallest absolute Gasteiger partial charge is 0.283 e. The Hall–Kier alpha value is -3.46. The molecule has 0 aliphatic heterocycles. The standard InChI is InChI=1S/C35H36F2O5/c36-35(37)30(25-39-21-26-13-5-1-6-14-26)31(40-22-27-15-7-2-8-16-27)32(41-23-28-17-9-3-10-18-28)33(34(35)38)42-24-29-19-11-4-12-20-29/h1-20,30-34,38H,21-25H2/t30-,31-,32+,33-,34+/m1/s1. The van der Waals surface area contributed by atoms with Crippen LogP contribution in [-0.2, 0) is 45.4 Å². The first-order valence-corrected chi connectivity index (χ1v) is 14.2. The Bertz CT molecular complexity index is 1320. The van der Waals surface area contributed by atoms with E-state index in [-0.39, 0.29) is 33.0 Å². The molecule has 1 fully saturated rings. The van der Waals surface area contributed by atoms with E-state index < -0.39 is 36.3 Å². The average Bonchev–Trinajstić information content (AvgIpc) is 3.03. The fourth-order valence-electron chi connectivity index (χ4n) is 5.22. The van der Waals surface area contributed by atoms with Crippen molar-refractivity contribution in [2.45, 2.75) is 56.8 Å². The van der Waals surface area contributed by atoms with Gasteiger partial charge in [-0.25, -0.2) is 8.78 Å². The zero-order valence-electron chi connectivity index (χ0n) is 23.3. The molecule has 0 amide bonds. The Morgan fingerprint density at radius 3 is 1.29 bits per heavy atom. The van der Waals surface area contributed by atoms with E-state index in [0.29, 0.717) is 0 Å². The van der Waals surface area contributed by atoms with Crippen molar-refractivity contribution < 1.29 is 32.8 Å². The molecule has 5 atom stereocenters. The minimum absolute atomic E-state index is 0.0322. The zero-order chi connectivity index (χ0) is 29.2. The third kappa shape index (κ3) is 7.68. The van der Waals surface area contributed by atoms with Gasteiger partial charge in [0.05, 0.1) is 45.1 Å². The van der Waals surface area contributed by atoms with Gasteiger partial charge < -0.3 is 24.1 Å². The summed E-state index contributed by atoms with van der Waals surface area (Å²) in [6, 6.07) is 37.4. The van der Waals surface area contributed by atoms with Crippen LogP contribution in [0.3, 0.4) is 0 Å². The van der Waals surface area contributed by atoms with Crippen LogP contribution < -0.4 is 0 Å². The van der Waals surface area contributed by atoms with Gasteiger partial charge in [-0.1, -0.05) is 121 Å². The van der Waals surface area contributed by atoms with Crippen molar-refractivity contribution in [1.29, 1.82) is 0 Å². The highest BCUT2D eigenvalue weighted by atomic mass is 19.3. The summed E-state index contributed by atoms with van der Waals surface area (Å²) < 4.78 is 56.7. The Morgan fingerprint density at radius 1 is 0.500 bits per heavy atom. The molecular weight excluding hydrogens is 538 g/mol. The lowest BCUT2D eigenvalue weighted by Gasteiger charge is -2.48. The largest absolute Gasteiger partial charge is 0.384 e. The predicted octanol–water partition coefficient (Wildman–Crippen LogP) is 6.59. The molecule has 0 heterocycles. The molecule has 4 aromatic carbocycles. The maximum absolute atomic E-state index is 16.1. The highest BCUT2D eigenvalue weighted by Gasteiger charge is 2.62. The Morgan fingerprint density at radius 2 is 0.857 bits per heavy atom. The fourth-order valence-corrected chi connectivity index (χ4v) is 5.22. The summed E-state index contributed by atoms with van der Waals surface area (Å²) in [6.07, 6.45) is -5.62. The van der Waals surface area contributed by atoms with Crippen LogP contribution in [0.2, 0.25) is 0 Å². The topological polar surface area (TPSA) is 57.2 Å². The van der Waals surface area contributed by atoms with Gasteiger partial charge in [-0.3, -0.25) is 0 Å². The van der Waals surface area contributed by atoms with Gasteiger partial charge in [0.1, 0.15) is 18.3 Å². The molecule has 0 spiro atoms. The number of benzene rings is 4. The van der Waals surface area contributed by atoms with Crippen LogP contribution in [0, 0.1) is 5.92 Å². The Kier molecular flexibility index (Phi) is 10.5. The van der Waals surface area contributed by atoms with Gasteiger partial charge in [0.25, 0.3) is 5.92 Å². The van der Waals surface area contributed by atoms with E-state index in [1.165, 1.54) is 0 Å². The lowest BCUT2D eigenvalue weighted by molar-refractivity contribution is -0.303. The van der Waals surface area contributed by atoms with Gasteiger partial charge >= 0.3 is 0 Å². The first kappa shape index (κ1) is 30.0. The summed E-state index contributed by atoms with van der Waals surface area (Å²) in [7, 11) is 0. The van der Waals surface area contributed by atoms with Crippen molar-refractivity contribution in [3.63, 3.8) is 0 Å². The van der Waals surface area contributed by atoms with Crippen molar-refractivity contribution in [3.8, 4) is 0 Å². The lowest BCUT2D eigenvalue weighted by atomic mass is 9.77. The Labute approximate surface area is 245 Å². The highest BCUT2D eigenvalue weighted by molar-refractivity contribution is 5.17. The van der Waals surface area contributed by atoms with Crippen molar-refractivity contribution in [1.82, 2.24) is 0 Å². The van der Waals surface area contributed by atoms with E-state index in [2.05, 4.69) is 0 Å². The monoisotopic (exact) mass is 574 g/mol. The van der Waals surface area contributed by atoms with E-state index >= 15 is 8.78 Å². The van der Waals surface area contributed by atoms with E-state index in [1.807, 2.05) is 121 Å². The summed E-state index contributed by atoms with van der Waals surface area (Å²) in [5.74, 6) is -5.07. The van der Waals surface area contributed by atoms with Crippen LogP contribution in [0.4, 0.5) is 8.78 Å². The van der Waals surface area contributed by atoms with Crippen LogP contribution in [-0.4, -0.2) is 42.1 Å². The minimum atomic E-state index is -3.58. The third-order valence-electron chi connectivity index (χ3n) is 7.51. The van der Waals surface area contributed by atoms with E-state index in [4.69, 9.17) is 18.9 Å². The first-order chi connectivity index (χ1) is 20.5. The normalized spacial score (nSPS) is 23.5. The van der Waals surface area contributed by atoms with Crippen LogP contribution >= 0.6 is 0 Å². The molecule has 0 saturated heterocycles. The molecule has 4 aromatic rings. The first-order valence-electron chi connectivity index (χ1n) is 14.2. The molecule has 42 heavy (non-hydrogen) atoms. The van der Waals surface area contributed by atoms with E-state index in [1.54, 1.807) is 0 Å². The molecule has 5 rings (SSSR count). The van der Waals surface area contributed by atoms with Crippen molar-refractivity contribution >= 4 is 0 Å². The molecule has 0 unspecified atom stereocenters. The zero-order valence-corrected chi connectivity index (χ0v) is 23.3. The molecule has 1 aliphatic rings. The van der Waals surface area contributed by atoms with Crippen molar-refractivity contribution in [2.24, 2.45) is 5.92 Å². The predicted molar refractivity (Wildman–Crippen MR) is 156 cm³/mol. The quantitative estimate of drug-likeness (QED) is 0.195. The molecule has 0 radical (unpaired) electrons. The molecule has 1 aliphatic carbocycles. The minimum Gasteiger partial charge on any atom is -0.384 e. The second kappa shape index (κ2) is 14.6. The molecular formula is C35H36F2O5. The third-order valence-corrected chi connectivity index (χ3v) is 7.51. The maximum Gasteiger partial charge on any atom is 0.283 e. The van der Waals surface area contributed by atoms with Crippen LogP contribution in [0.15, 0.2) is 121 Å². The van der Waals surface area contributed by atoms with Crippen LogP contribution in [0.25, 0.3) is 0 Å². The van der Waals surface area contributed by atoms with Gasteiger partial charge in [-0.2, -0.15) is 0 Å². The van der Waals surface area contributed by atoms with Crippen LogP contribution in [0.5, 0.6) is 0 Å². The number of aliphatic hydroxyl groups excluding tert-OH is 1. The molecule has 0 aromatic heterocycles. The summed E-state index contributed by atoms with van der Waals surface area (Å²) in [5, 5.41) is 11.2.